The maximum Gasteiger partial charge on any atom is 0.117 e. The number of hydrogen-bond donors (Lipinski definition) is 1. The fourth-order valence-corrected chi connectivity index (χ4v) is 6.95. The minimum absolute atomic E-state index is 0.941. The molecule has 0 unspecified atom stereocenters. The SMILES string of the molecule is c1cc2cc(c1)c1cccc3c4cccc(c5ccc6c7ccccc7c7ccc(nc7c6n5)s2)c4[nH]c13. The van der Waals surface area contributed by atoms with E-state index in [1.807, 2.05) is 0 Å². The van der Waals surface area contributed by atoms with E-state index in [9.17, 15) is 0 Å². The molecular formula is C34H19N3S. The third-order valence-electron chi connectivity index (χ3n) is 7.81. The van der Waals surface area contributed by atoms with Gasteiger partial charge in [0.1, 0.15) is 4.83 Å². The zero-order chi connectivity index (χ0) is 24.8. The first-order chi connectivity index (χ1) is 18.8. The topological polar surface area (TPSA) is 41.6 Å². The Morgan fingerprint density at radius 1 is 0.474 bits per heavy atom. The van der Waals surface area contributed by atoms with Crippen molar-refractivity contribution in [2.45, 2.75) is 0 Å². The molecule has 9 rings (SSSR count). The van der Waals surface area contributed by atoms with Crippen molar-refractivity contribution < 1.29 is 0 Å². The van der Waals surface area contributed by atoms with Crippen LogP contribution in [0.15, 0.2) is 109 Å². The Hall–Kier alpha value is -4.80. The molecule has 0 aliphatic heterocycles. The molecule has 0 saturated carbocycles. The fraction of sp³-hybridized carbons (Fsp3) is 0. The lowest BCUT2D eigenvalue weighted by Gasteiger charge is -2.09. The number of hydrogen-bond acceptors (Lipinski definition) is 3. The van der Waals surface area contributed by atoms with Gasteiger partial charge in [0.25, 0.3) is 0 Å². The number of aromatic nitrogens is 3. The first-order valence-electron chi connectivity index (χ1n) is 12.8. The molecule has 4 heteroatoms. The zero-order valence-corrected chi connectivity index (χ0v) is 21.0. The molecule has 4 heterocycles. The van der Waals surface area contributed by atoms with Crippen LogP contribution in [0.2, 0.25) is 0 Å². The monoisotopic (exact) mass is 501 g/mol. The van der Waals surface area contributed by atoms with Crippen LogP contribution in [0.5, 0.6) is 0 Å². The molecule has 5 aromatic carbocycles. The molecule has 8 bridgehead atoms. The first-order valence-corrected chi connectivity index (χ1v) is 13.6. The molecule has 38 heavy (non-hydrogen) atoms. The van der Waals surface area contributed by atoms with Gasteiger partial charge >= 0.3 is 0 Å². The number of aromatic amines is 1. The predicted molar refractivity (Wildman–Crippen MR) is 163 cm³/mol. The second kappa shape index (κ2) is 7.37. The molecule has 0 atom stereocenters. The van der Waals surface area contributed by atoms with Gasteiger partial charge in [-0.05, 0) is 52.6 Å². The number of nitrogens with zero attached hydrogens (tertiary/aromatic N) is 2. The van der Waals surface area contributed by atoms with Crippen LogP contribution in [0.3, 0.4) is 0 Å². The molecule has 4 aromatic heterocycles. The van der Waals surface area contributed by atoms with Gasteiger partial charge in [-0.3, -0.25) is 0 Å². The van der Waals surface area contributed by atoms with E-state index in [1.165, 1.54) is 32.3 Å². The average Bonchev–Trinajstić information content (AvgIpc) is 3.36. The Kier molecular flexibility index (Phi) is 3.93. The molecule has 0 saturated heterocycles. The molecule has 3 nitrogen and oxygen atoms in total. The predicted octanol–water partition coefficient (Wildman–Crippen LogP) is 9.65. The van der Waals surface area contributed by atoms with Crippen molar-refractivity contribution >= 4 is 96.9 Å². The highest BCUT2D eigenvalue weighted by Gasteiger charge is 2.13. The van der Waals surface area contributed by atoms with Gasteiger partial charge < -0.3 is 4.98 Å². The van der Waals surface area contributed by atoms with Gasteiger partial charge in [-0.1, -0.05) is 72.8 Å². The molecule has 0 amide bonds. The number of benzene rings is 5. The molecule has 0 aliphatic carbocycles. The lowest BCUT2D eigenvalue weighted by atomic mass is 9.99. The van der Waals surface area contributed by atoms with Gasteiger partial charge in [0.05, 0.1) is 27.6 Å². The second-order valence-corrected chi connectivity index (χ2v) is 11.0. The van der Waals surface area contributed by atoms with E-state index in [4.69, 9.17) is 9.97 Å². The number of nitrogens with one attached hydrogen (secondary N) is 1. The van der Waals surface area contributed by atoms with Crippen LogP contribution < -0.4 is 0 Å². The van der Waals surface area contributed by atoms with Crippen molar-refractivity contribution in [1.29, 1.82) is 0 Å². The van der Waals surface area contributed by atoms with Crippen LogP contribution >= 0.6 is 11.3 Å². The number of fused-ring (bicyclic) bond motifs is 10. The summed E-state index contributed by atoms with van der Waals surface area (Å²) in [4.78, 5) is 15.3. The van der Waals surface area contributed by atoms with Crippen molar-refractivity contribution in [3.63, 3.8) is 0 Å². The maximum atomic E-state index is 5.32. The molecule has 176 valence electrons. The van der Waals surface area contributed by atoms with Crippen molar-refractivity contribution in [2.75, 3.05) is 0 Å². The lowest BCUT2D eigenvalue weighted by Crippen LogP contribution is -1.89. The molecule has 9 aromatic rings. The fourth-order valence-electron chi connectivity index (χ4n) is 6.11. The summed E-state index contributed by atoms with van der Waals surface area (Å²) < 4.78 is 1.16. The quantitative estimate of drug-likeness (QED) is 0.210. The summed E-state index contributed by atoms with van der Waals surface area (Å²) in [6.45, 7) is 0. The molecule has 1 N–H and O–H groups in total. The number of H-pyrrole nitrogens is 1. The van der Waals surface area contributed by atoms with Gasteiger partial charge in [-0.25, -0.2) is 9.97 Å². The van der Waals surface area contributed by atoms with Gasteiger partial charge in [0.2, 0.25) is 0 Å². The van der Waals surface area contributed by atoms with E-state index in [0.717, 1.165) is 53.3 Å². The summed E-state index contributed by atoms with van der Waals surface area (Å²) in [5, 5.41) is 10.6. The normalized spacial score (nSPS) is 12.2. The second-order valence-electron chi connectivity index (χ2n) is 9.90. The number of pyridine rings is 2. The highest BCUT2D eigenvalue weighted by molar-refractivity contribution is 7.22. The third kappa shape index (κ3) is 2.72. The maximum absolute atomic E-state index is 5.32. The summed E-state index contributed by atoms with van der Waals surface area (Å²) in [7, 11) is 0. The highest BCUT2D eigenvalue weighted by atomic mass is 32.1. The zero-order valence-electron chi connectivity index (χ0n) is 20.2. The van der Waals surface area contributed by atoms with Crippen molar-refractivity contribution in [3.8, 4) is 0 Å². The molecule has 0 spiro atoms. The third-order valence-corrected chi connectivity index (χ3v) is 8.74. The van der Waals surface area contributed by atoms with Crippen LogP contribution in [-0.4, -0.2) is 15.0 Å². The summed E-state index contributed by atoms with van der Waals surface area (Å²) in [6, 6.07) is 39.1. The summed E-state index contributed by atoms with van der Waals surface area (Å²) in [6.07, 6.45) is 0. The van der Waals surface area contributed by atoms with Crippen molar-refractivity contribution in [2.24, 2.45) is 0 Å². The van der Waals surface area contributed by atoms with Gasteiger partial charge in [-0.15, -0.1) is 11.3 Å². The Labute approximate surface area is 220 Å². The van der Waals surface area contributed by atoms with Crippen LogP contribution in [0.1, 0.15) is 0 Å². The largest absolute Gasteiger partial charge is 0.353 e. The number of rotatable bonds is 0. The van der Waals surface area contributed by atoms with E-state index >= 15 is 0 Å². The van der Waals surface area contributed by atoms with Crippen molar-refractivity contribution in [1.82, 2.24) is 15.0 Å². The van der Waals surface area contributed by atoms with Gasteiger partial charge in [0.15, 0.2) is 0 Å². The minimum Gasteiger partial charge on any atom is -0.353 e. The van der Waals surface area contributed by atoms with E-state index in [-0.39, 0.29) is 0 Å². The van der Waals surface area contributed by atoms with Gasteiger partial charge in [0, 0.05) is 37.0 Å². The van der Waals surface area contributed by atoms with Gasteiger partial charge in [-0.2, -0.15) is 0 Å². The Morgan fingerprint density at radius 3 is 1.92 bits per heavy atom. The highest BCUT2D eigenvalue weighted by Crippen LogP contribution is 2.37. The Balaban J connectivity index is 1.63. The average molecular weight is 502 g/mol. The Bertz CT molecular complexity index is 2470. The van der Waals surface area contributed by atoms with Crippen LogP contribution in [0.25, 0.3) is 85.6 Å². The minimum atomic E-state index is 0.941. The van der Waals surface area contributed by atoms with E-state index in [1.54, 1.807) is 11.3 Å². The Morgan fingerprint density at radius 2 is 1.11 bits per heavy atom. The molecular weight excluding hydrogens is 482 g/mol. The van der Waals surface area contributed by atoms with Crippen LogP contribution in [0.4, 0.5) is 0 Å². The van der Waals surface area contributed by atoms with E-state index < -0.39 is 0 Å². The van der Waals surface area contributed by atoms with Crippen LogP contribution in [-0.2, 0) is 0 Å². The first kappa shape index (κ1) is 20.3. The summed E-state index contributed by atoms with van der Waals surface area (Å²) >= 11 is 1.70. The summed E-state index contributed by atoms with van der Waals surface area (Å²) in [5.41, 5.74) is 5.10. The molecule has 0 aliphatic rings. The van der Waals surface area contributed by atoms with E-state index in [2.05, 4.69) is 114 Å². The summed E-state index contributed by atoms with van der Waals surface area (Å²) in [5.74, 6) is 0. The van der Waals surface area contributed by atoms with E-state index in [0.29, 0.717) is 0 Å². The molecule has 0 fully saturated rings. The lowest BCUT2D eigenvalue weighted by molar-refractivity contribution is 1.47. The van der Waals surface area contributed by atoms with Crippen LogP contribution in [0, 0.1) is 0 Å². The smallest absolute Gasteiger partial charge is 0.117 e. The van der Waals surface area contributed by atoms with Crippen molar-refractivity contribution in [3.05, 3.63) is 109 Å². The molecule has 0 radical (unpaired) electrons. The number of para-hydroxylation sites is 2. The standard InChI is InChI=1S/C34H19N3S/c1-2-9-23-22(8-1)26-14-16-29-28-13-5-12-25-24-11-4-10-21(31(24)37-32(25)28)19-6-3-7-20(18-19)38-30-17-15-27(23)34(36-30)33(26)35-29/h1-18,37H.